The maximum atomic E-state index is 14.0. The standard InChI is InChI=1S/C32H35ClF3N3O6.ClH/c1-20-26(27(21-11-9-12-23(33)16-21)28(30(41)43-2)29(39-20)32(34,35)36)31(42)44-15-8-4-3-7-14-38-18-24(40)19-45-25-13-6-5-10-22(25)17-37;/h5-6,9-13,16,24,27,38-40H,3-4,7-8,14-15,18-19H2,1-2H3;1H. The summed E-state index contributed by atoms with van der Waals surface area (Å²) in [5.74, 6) is -3.11. The Morgan fingerprint density at radius 2 is 1.80 bits per heavy atom. The molecule has 0 spiro atoms. The molecule has 0 aromatic heterocycles. The molecule has 0 saturated heterocycles. The molecule has 1 aliphatic rings. The Kier molecular flexibility index (Phi) is 15.4. The van der Waals surface area contributed by atoms with E-state index < -0.39 is 41.4 Å². The van der Waals surface area contributed by atoms with E-state index in [9.17, 15) is 27.9 Å². The van der Waals surface area contributed by atoms with Crippen LogP contribution in [0.4, 0.5) is 13.2 Å². The number of methoxy groups -OCH3 is 1. The molecule has 1 aliphatic heterocycles. The van der Waals surface area contributed by atoms with Gasteiger partial charge in [-0.05, 0) is 56.1 Å². The highest BCUT2D eigenvalue weighted by molar-refractivity contribution is 6.30. The predicted molar refractivity (Wildman–Crippen MR) is 167 cm³/mol. The fourth-order valence-corrected chi connectivity index (χ4v) is 5.02. The lowest BCUT2D eigenvalue weighted by Gasteiger charge is -2.32. The second kappa shape index (κ2) is 18.4. The van der Waals surface area contributed by atoms with Gasteiger partial charge >= 0.3 is 18.1 Å². The smallest absolute Gasteiger partial charge is 0.431 e. The van der Waals surface area contributed by atoms with Crippen LogP contribution >= 0.6 is 24.0 Å². The van der Waals surface area contributed by atoms with E-state index in [1.807, 2.05) is 6.07 Å². The van der Waals surface area contributed by atoms with E-state index >= 15 is 0 Å². The number of nitrogens with zero attached hydrogens (tertiary/aromatic N) is 1. The number of unbranched alkanes of at least 4 members (excludes halogenated alkanes) is 3. The van der Waals surface area contributed by atoms with Gasteiger partial charge in [-0.3, -0.25) is 0 Å². The SMILES string of the molecule is COC(=O)C1=C(C(F)(F)F)NC(C)=C(C(=O)OCCCCCCNCC(O)COc2ccccc2C#N)C1c1cccc(Cl)c1.Cl. The van der Waals surface area contributed by atoms with Gasteiger partial charge in [0, 0.05) is 17.3 Å². The number of aliphatic hydroxyl groups is 1. The molecule has 9 nitrogen and oxygen atoms in total. The number of para-hydroxylation sites is 1. The Labute approximate surface area is 276 Å². The molecule has 0 aliphatic carbocycles. The number of dihydropyridines is 1. The Morgan fingerprint density at radius 3 is 2.48 bits per heavy atom. The molecule has 3 rings (SSSR count). The minimum atomic E-state index is -4.93. The zero-order chi connectivity index (χ0) is 33.0. The van der Waals surface area contributed by atoms with Crippen molar-refractivity contribution in [2.24, 2.45) is 0 Å². The highest BCUT2D eigenvalue weighted by Gasteiger charge is 2.47. The molecule has 0 bridgehead atoms. The van der Waals surface area contributed by atoms with Crippen LogP contribution in [-0.4, -0.2) is 62.7 Å². The molecular weight excluding hydrogens is 650 g/mol. The van der Waals surface area contributed by atoms with Crippen molar-refractivity contribution in [2.75, 3.05) is 33.4 Å². The van der Waals surface area contributed by atoms with Gasteiger partial charge in [0.15, 0.2) is 0 Å². The summed E-state index contributed by atoms with van der Waals surface area (Å²) >= 11 is 6.11. The first-order valence-corrected chi connectivity index (χ1v) is 14.7. The average Bonchev–Trinajstić information content (AvgIpc) is 3.01. The Balaban J connectivity index is 0.00000736. The molecular formula is C32H36Cl2F3N3O6. The van der Waals surface area contributed by atoms with Gasteiger partial charge in [-0.2, -0.15) is 18.4 Å². The molecule has 2 aromatic carbocycles. The second-order valence-electron chi connectivity index (χ2n) is 10.3. The number of hydrogen-bond acceptors (Lipinski definition) is 9. The number of benzene rings is 2. The molecule has 0 fully saturated rings. The number of nitrogens with one attached hydrogen (secondary N) is 2. The summed E-state index contributed by atoms with van der Waals surface area (Å²) in [4.78, 5) is 25.9. The second-order valence-corrected chi connectivity index (χ2v) is 10.7. The summed E-state index contributed by atoms with van der Waals surface area (Å²) in [5.41, 5.74) is -1.72. The van der Waals surface area contributed by atoms with Crippen molar-refractivity contribution in [1.82, 2.24) is 10.6 Å². The molecule has 0 amide bonds. The average molecular weight is 687 g/mol. The summed E-state index contributed by atoms with van der Waals surface area (Å²) < 4.78 is 57.6. The quantitative estimate of drug-likeness (QED) is 0.159. The van der Waals surface area contributed by atoms with Gasteiger partial charge < -0.3 is 30.0 Å². The number of allylic oxidation sites excluding steroid dienone is 2. The van der Waals surface area contributed by atoms with E-state index in [1.54, 1.807) is 24.3 Å². The summed E-state index contributed by atoms with van der Waals surface area (Å²) in [6, 6.07) is 14.7. The molecule has 0 saturated carbocycles. The van der Waals surface area contributed by atoms with Crippen molar-refractivity contribution in [3.05, 3.63) is 87.2 Å². The lowest BCUT2D eigenvalue weighted by molar-refractivity contribution is -0.140. The highest BCUT2D eigenvalue weighted by atomic mass is 35.5. The largest absolute Gasteiger partial charge is 0.489 e. The molecule has 0 radical (unpaired) electrons. The van der Waals surface area contributed by atoms with E-state index in [0.717, 1.165) is 20.0 Å². The van der Waals surface area contributed by atoms with Crippen LogP contribution in [-0.2, 0) is 19.1 Å². The van der Waals surface area contributed by atoms with E-state index in [-0.39, 0.29) is 47.5 Å². The molecule has 46 heavy (non-hydrogen) atoms. The number of halogens is 5. The zero-order valence-corrected chi connectivity index (χ0v) is 26.9. The Bertz CT molecular complexity index is 1460. The van der Waals surface area contributed by atoms with Crippen molar-refractivity contribution in [3.63, 3.8) is 0 Å². The van der Waals surface area contributed by atoms with Crippen LogP contribution in [0.2, 0.25) is 5.02 Å². The first-order valence-electron chi connectivity index (χ1n) is 14.3. The van der Waals surface area contributed by atoms with Gasteiger partial charge in [-0.25, -0.2) is 9.59 Å². The number of hydrogen-bond donors (Lipinski definition) is 3. The van der Waals surface area contributed by atoms with Crippen LogP contribution < -0.4 is 15.4 Å². The first kappa shape index (κ1) is 38.4. The lowest BCUT2D eigenvalue weighted by atomic mass is 9.80. The van der Waals surface area contributed by atoms with Crippen LogP contribution in [0.5, 0.6) is 5.75 Å². The number of esters is 2. The molecule has 3 N–H and O–H groups in total. The number of carbonyl (C=O) groups is 2. The topological polar surface area (TPSA) is 130 Å². The van der Waals surface area contributed by atoms with E-state index in [0.29, 0.717) is 37.2 Å². The summed E-state index contributed by atoms with van der Waals surface area (Å²) in [5, 5.41) is 24.8. The highest BCUT2D eigenvalue weighted by Crippen LogP contribution is 2.43. The molecule has 250 valence electrons. The van der Waals surface area contributed by atoms with Crippen molar-refractivity contribution in [3.8, 4) is 11.8 Å². The molecule has 14 heteroatoms. The van der Waals surface area contributed by atoms with E-state index in [4.69, 9.17) is 26.3 Å². The first-order chi connectivity index (χ1) is 21.5. The maximum Gasteiger partial charge on any atom is 0.431 e. The fourth-order valence-electron chi connectivity index (χ4n) is 4.82. The molecule has 2 unspecified atom stereocenters. The lowest BCUT2D eigenvalue weighted by Crippen LogP contribution is -2.38. The summed E-state index contributed by atoms with van der Waals surface area (Å²) in [6.45, 7) is 2.31. The monoisotopic (exact) mass is 685 g/mol. The van der Waals surface area contributed by atoms with Gasteiger partial charge in [0.25, 0.3) is 0 Å². The third-order valence-electron chi connectivity index (χ3n) is 6.95. The Morgan fingerprint density at radius 1 is 1.09 bits per heavy atom. The predicted octanol–water partition coefficient (Wildman–Crippen LogP) is 5.72. The van der Waals surface area contributed by atoms with Crippen molar-refractivity contribution in [1.29, 1.82) is 5.26 Å². The number of nitriles is 1. The number of ether oxygens (including phenoxy) is 3. The van der Waals surface area contributed by atoms with E-state index in [1.165, 1.54) is 31.2 Å². The van der Waals surface area contributed by atoms with Gasteiger partial charge in [0.1, 0.15) is 30.2 Å². The zero-order valence-electron chi connectivity index (χ0n) is 25.3. The van der Waals surface area contributed by atoms with Gasteiger partial charge in [-0.1, -0.05) is 48.7 Å². The third kappa shape index (κ3) is 10.7. The number of alkyl halides is 3. The van der Waals surface area contributed by atoms with Crippen molar-refractivity contribution in [2.45, 2.75) is 50.8 Å². The van der Waals surface area contributed by atoms with Gasteiger partial charge in [0.05, 0.1) is 36.3 Å². The van der Waals surface area contributed by atoms with Crippen LogP contribution in [0, 0.1) is 11.3 Å². The van der Waals surface area contributed by atoms with Gasteiger partial charge in [-0.15, -0.1) is 12.4 Å². The van der Waals surface area contributed by atoms with Crippen LogP contribution in [0.25, 0.3) is 0 Å². The van der Waals surface area contributed by atoms with Crippen LogP contribution in [0.15, 0.2) is 71.1 Å². The Hall–Kier alpha value is -3.76. The summed E-state index contributed by atoms with van der Waals surface area (Å²) in [7, 11) is 0.964. The molecule has 1 heterocycles. The molecule has 2 atom stereocenters. The van der Waals surface area contributed by atoms with Gasteiger partial charge in [0.2, 0.25) is 0 Å². The minimum absolute atomic E-state index is 0. The summed E-state index contributed by atoms with van der Waals surface area (Å²) in [6.07, 6.45) is -2.88. The van der Waals surface area contributed by atoms with Crippen LogP contribution in [0.3, 0.4) is 0 Å². The maximum absolute atomic E-state index is 14.0. The normalized spacial score (nSPS) is 15.3. The fraction of sp³-hybridized carbons (Fsp3) is 0.406. The number of rotatable bonds is 15. The molecule has 2 aromatic rings. The third-order valence-corrected chi connectivity index (χ3v) is 7.19. The van der Waals surface area contributed by atoms with Crippen molar-refractivity contribution >= 4 is 35.9 Å². The van der Waals surface area contributed by atoms with Crippen LogP contribution in [0.1, 0.15) is 49.7 Å². The van der Waals surface area contributed by atoms with Crippen molar-refractivity contribution < 1.29 is 42.1 Å². The minimum Gasteiger partial charge on any atom is -0.489 e. The number of carbonyl (C=O) groups excluding carboxylic acids is 2. The number of aliphatic hydroxyl groups excluding tert-OH is 1. The van der Waals surface area contributed by atoms with E-state index in [2.05, 4.69) is 15.4 Å².